The molecule has 1 aliphatic carbocycles. The van der Waals surface area contributed by atoms with Crippen LogP contribution in [0, 0.1) is 5.92 Å². The molecular formula is C18H20ClNO. The molecule has 0 amide bonds. The second kappa shape index (κ2) is 6.59. The van der Waals surface area contributed by atoms with Gasteiger partial charge < -0.3 is 4.74 Å². The normalized spacial score (nSPS) is 23.7. The van der Waals surface area contributed by atoms with Gasteiger partial charge in [0.25, 0.3) is 0 Å². The molecule has 2 aliphatic rings. The molecule has 21 heavy (non-hydrogen) atoms. The Balaban J connectivity index is 1.95. The van der Waals surface area contributed by atoms with Crippen molar-refractivity contribution in [2.24, 2.45) is 10.9 Å². The van der Waals surface area contributed by atoms with Crippen LogP contribution in [0.3, 0.4) is 0 Å². The van der Waals surface area contributed by atoms with Crippen molar-refractivity contribution in [2.75, 3.05) is 13.0 Å². The summed E-state index contributed by atoms with van der Waals surface area (Å²) in [5.41, 5.74) is 4.56. The fourth-order valence-electron chi connectivity index (χ4n) is 2.99. The predicted molar refractivity (Wildman–Crippen MR) is 88.7 cm³/mol. The number of halogens is 1. The lowest BCUT2D eigenvalue weighted by Gasteiger charge is -2.22. The van der Waals surface area contributed by atoms with Gasteiger partial charge in [-0.2, -0.15) is 0 Å². The Bertz CT molecular complexity index is 603. The van der Waals surface area contributed by atoms with Crippen LogP contribution in [-0.2, 0) is 11.2 Å². The van der Waals surface area contributed by atoms with E-state index >= 15 is 0 Å². The Hall–Kier alpha value is -1.38. The van der Waals surface area contributed by atoms with E-state index in [1.165, 1.54) is 11.1 Å². The van der Waals surface area contributed by atoms with Gasteiger partial charge in [-0.05, 0) is 36.5 Å². The van der Waals surface area contributed by atoms with Crippen LogP contribution in [0.1, 0.15) is 18.4 Å². The van der Waals surface area contributed by atoms with Crippen molar-refractivity contribution in [1.82, 2.24) is 0 Å². The van der Waals surface area contributed by atoms with E-state index in [0.717, 1.165) is 30.7 Å². The van der Waals surface area contributed by atoms with Gasteiger partial charge in [0, 0.05) is 25.0 Å². The molecule has 3 heteroatoms. The maximum Gasteiger partial charge on any atom is 0.0880 e. The molecule has 1 aliphatic heterocycles. The first-order valence-electron chi connectivity index (χ1n) is 7.47. The molecule has 0 bridgehead atoms. The highest BCUT2D eigenvalue weighted by atomic mass is 35.5. The summed E-state index contributed by atoms with van der Waals surface area (Å²) < 4.78 is 5.74. The van der Waals surface area contributed by atoms with Gasteiger partial charge in [0.15, 0.2) is 0 Å². The van der Waals surface area contributed by atoms with Crippen molar-refractivity contribution in [3.05, 3.63) is 53.6 Å². The Morgan fingerprint density at radius 1 is 1.33 bits per heavy atom. The quantitative estimate of drug-likeness (QED) is 0.752. The third kappa shape index (κ3) is 3.12. The van der Waals surface area contributed by atoms with Crippen LogP contribution in [-0.4, -0.2) is 24.8 Å². The average Bonchev–Trinajstić information content (AvgIpc) is 2.68. The molecule has 1 aromatic carbocycles. The molecule has 0 saturated heterocycles. The number of methoxy groups -OCH3 is 1. The average molecular weight is 302 g/mol. The van der Waals surface area contributed by atoms with Crippen molar-refractivity contribution >= 4 is 23.0 Å². The van der Waals surface area contributed by atoms with Gasteiger partial charge >= 0.3 is 0 Å². The molecule has 2 unspecified atom stereocenters. The smallest absolute Gasteiger partial charge is 0.0880 e. The summed E-state index contributed by atoms with van der Waals surface area (Å²) in [6.45, 7) is 0. The third-order valence-electron chi connectivity index (χ3n) is 4.13. The summed E-state index contributed by atoms with van der Waals surface area (Å²) in [5.74, 6) is 1.16. The van der Waals surface area contributed by atoms with Crippen LogP contribution in [0.5, 0.6) is 0 Å². The molecule has 0 fully saturated rings. The number of para-hydroxylation sites is 1. The monoisotopic (exact) mass is 301 g/mol. The van der Waals surface area contributed by atoms with E-state index in [-0.39, 0.29) is 6.10 Å². The van der Waals surface area contributed by atoms with Gasteiger partial charge in [-0.3, -0.25) is 0 Å². The molecule has 0 aromatic heterocycles. The standard InChI is InChI=1S/C18H20ClNO/c1-21-18-12-14-6-2-3-7-16(14)20-17-9-8-13(5-4-10-19)11-15(17)18/h2-3,6-9,11,13,18H,4-5,10,12H2,1H3. The van der Waals surface area contributed by atoms with Crippen LogP contribution < -0.4 is 0 Å². The summed E-state index contributed by atoms with van der Waals surface area (Å²) in [4.78, 5) is 4.83. The molecular weight excluding hydrogens is 282 g/mol. The molecule has 1 aromatic rings. The minimum Gasteiger partial charge on any atom is -0.376 e. The maximum atomic E-state index is 5.81. The first-order valence-corrected chi connectivity index (χ1v) is 8.01. The van der Waals surface area contributed by atoms with Crippen molar-refractivity contribution in [3.8, 4) is 0 Å². The molecule has 0 N–H and O–H groups in total. The maximum absolute atomic E-state index is 5.81. The fourth-order valence-corrected chi connectivity index (χ4v) is 3.15. The minimum absolute atomic E-state index is 0.0795. The summed E-state index contributed by atoms with van der Waals surface area (Å²) >= 11 is 5.81. The summed E-state index contributed by atoms with van der Waals surface area (Å²) in [6.07, 6.45) is 9.76. The zero-order valence-electron chi connectivity index (χ0n) is 12.3. The number of allylic oxidation sites excluding steroid dienone is 3. The fraction of sp³-hybridized carbons (Fsp3) is 0.389. The van der Waals surface area contributed by atoms with Gasteiger partial charge in [0.1, 0.15) is 0 Å². The van der Waals surface area contributed by atoms with E-state index in [9.17, 15) is 0 Å². The lowest BCUT2D eigenvalue weighted by molar-refractivity contribution is 0.136. The SMILES string of the molecule is COC1Cc2ccccc2N=C2C=CC(CCCCl)C=C21. The number of hydrogen-bond acceptors (Lipinski definition) is 2. The highest BCUT2D eigenvalue weighted by molar-refractivity contribution is 6.17. The number of hydrogen-bond donors (Lipinski definition) is 0. The molecule has 110 valence electrons. The van der Waals surface area contributed by atoms with Crippen LogP contribution >= 0.6 is 11.6 Å². The van der Waals surface area contributed by atoms with E-state index < -0.39 is 0 Å². The predicted octanol–water partition coefficient (Wildman–Crippen LogP) is 4.46. The van der Waals surface area contributed by atoms with Crippen molar-refractivity contribution in [3.63, 3.8) is 0 Å². The molecule has 0 saturated carbocycles. The Labute approximate surface area is 131 Å². The van der Waals surface area contributed by atoms with E-state index in [2.05, 4.69) is 36.4 Å². The highest BCUT2D eigenvalue weighted by Crippen LogP contribution is 2.32. The summed E-state index contributed by atoms with van der Waals surface area (Å²) in [6, 6.07) is 8.31. The minimum atomic E-state index is 0.0795. The molecule has 0 spiro atoms. The largest absolute Gasteiger partial charge is 0.376 e. The van der Waals surface area contributed by atoms with Gasteiger partial charge in [0.2, 0.25) is 0 Å². The number of alkyl halides is 1. The van der Waals surface area contributed by atoms with Gasteiger partial charge in [0.05, 0.1) is 17.5 Å². The van der Waals surface area contributed by atoms with Gasteiger partial charge in [-0.1, -0.05) is 30.4 Å². The molecule has 1 heterocycles. The van der Waals surface area contributed by atoms with Gasteiger partial charge in [-0.25, -0.2) is 4.99 Å². The lowest BCUT2D eigenvalue weighted by Crippen LogP contribution is -2.23. The topological polar surface area (TPSA) is 21.6 Å². The number of ether oxygens (including phenoxy) is 1. The molecule has 0 radical (unpaired) electrons. The van der Waals surface area contributed by atoms with Crippen molar-refractivity contribution in [1.29, 1.82) is 0 Å². The van der Waals surface area contributed by atoms with Crippen LogP contribution in [0.15, 0.2) is 53.1 Å². The van der Waals surface area contributed by atoms with Crippen LogP contribution in [0.2, 0.25) is 0 Å². The first-order chi connectivity index (χ1) is 10.3. The van der Waals surface area contributed by atoms with E-state index in [4.69, 9.17) is 21.3 Å². The first kappa shape index (κ1) is 14.6. The zero-order chi connectivity index (χ0) is 14.7. The van der Waals surface area contributed by atoms with Crippen LogP contribution in [0.25, 0.3) is 0 Å². The van der Waals surface area contributed by atoms with Gasteiger partial charge in [-0.15, -0.1) is 11.6 Å². The lowest BCUT2D eigenvalue weighted by atomic mass is 9.88. The second-order valence-corrected chi connectivity index (χ2v) is 5.91. The summed E-state index contributed by atoms with van der Waals surface area (Å²) in [7, 11) is 1.78. The molecule has 2 nitrogen and oxygen atoms in total. The Morgan fingerprint density at radius 2 is 2.19 bits per heavy atom. The second-order valence-electron chi connectivity index (χ2n) is 5.53. The summed E-state index contributed by atoms with van der Waals surface area (Å²) in [5, 5.41) is 0. The van der Waals surface area contributed by atoms with E-state index in [1.807, 2.05) is 6.07 Å². The third-order valence-corrected chi connectivity index (χ3v) is 4.40. The Kier molecular flexibility index (Phi) is 4.57. The number of nitrogens with zero attached hydrogens (tertiary/aromatic N) is 1. The van der Waals surface area contributed by atoms with Crippen LogP contribution in [0.4, 0.5) is 5.69 Å². The highest BCUT2D eigenvalue weighted by Gasteiger charge is 2.25. The number of aliphatic imine (C=N–C) groups is 1. The molecule has 3 rings (SSSR count). The number of fused-ring (bicyclic) bond motifs is 2. The molecule has 2 atom stereocenters. The van der Waals surface area contributed by atoms with E-state index in [0.29, 0.717) is 11.8 Å². The number of benzene rings is 1. The van der Waals surface area contributed by atoms with Crippen molar-refractivity contribution < 1.29 is 4.74 Å². The van der Waals surface area contributed by atoms with Crippen molar-refractivity contribution in [2.45, 2.75) is 25.4 Å². The Morgan fingerprint density at radius 3 is 3.00 bits per heavy atom. The number of rotatable bonds is 4. The van der Waals surface area contributed by atoms with E-state index in [1.54, 1.807) is 7.11 Å². The zero-order valence-corrected chi connectivity index (χ0v) is 13.0.